The standard InChI is InChI=1S/C12H24/c1-5-12(4)8-6-7-11(2,3)9-10-12/h5-10H2,1-4H3. The Morgan fingerprint density at radius 3 is 2.17 bits per heavy atom. The molecule has 1 atom stereocenters. The van der Waals surface area contributed by atoms with Crippen molar-refractivity contribution < 1.29 is 0 Å². The average molecular weight is 168 g/mol. The first-order valence-electron chi connectivity index (χ1n) is 5.47. The molecule has 1 rings (SSSR count). The Balaban J connectivity index is 2.56. The van der Waals surface area contributed by atoms with Crippen molar-refractivity contribution in [3.05, 3.63) is 0 Å². The molecule has 0 heterocycles. The molecule has 1 unspecified atom stereocenters. The van der Waals surface area contributed by atoms with Crippen molar-refractivity contribution in [2.24, 2.45) is 10.8 Å². The maximum atomic E-state index is 2.47. The highest BCUT2D eigenvalue weighted by molar-refractivity contribution is 4.82. The summed E-state index contributed by atoms with van der Waals surface area (Å²) in [5.74, 6) is 0. The SMILES string of the molecule is CCC1(C)CCCC(C)(C)CC1. The summed E-state index contributed by atoms with van der Waals surface area (Å²) in [4.78, 5) is 0. The fourth-order valence-electron chi connectivity index (χ4n) is 2.24. The van der Waals surface area contributed by atoms with Gasteiger partial charge in [0.25, 0.3) is 0 Å². The van der Waals surface area contributed by atoms with Gasteiger partial charge in [-0.15, -0.1) is 0 Å². The monoisotopic (exact) mass is 168 g/mol. The van der Waals surface area contributed by atoms with E-state index in [4.69, 9.17) is 0 Å². The molecular formula is C12H24. The van der Waals surface area contributed by atoms with E-state index in [1.807, 2.05) is 0 Å². The molecule has 0 N–H and O–H groups in total. The first-order chi connectivity index (χ1) is 5.47. The minimum atomic E-state index is 0.618. The Labute approximate surface area is 77.7 Å². The van der Waals surface area contributed by atoms with Gasteiger partial charge in [0, 0.05) is 0 Å². The maximum Gasteiger partial charge on any atom is -0.0328 e. The van der Waals surface area contributed by atoms with E-state index in [1.54, 1.807) is 0 Å². The van der Waals surface area contributed by atoms with E-state index in [0.717, 1.165) is 0 Å². The van der Waals surface area contributed by atoms with Gasteiger partial charge in [0.15, 0.2) is 0 Å². The van der Waals surface area contributed by atoms with Crippen LogP contribution in [-0.2, 0) is 0 Å². The molecule has 1 aliphatic rings. The Morgan fingerprint density at radius 2 is 1.58 bits per heavy atom. The molecule has 1 aliphatic carbocycles. The van der Waals surface area contributed by atoms with Crippen molar-refractivity contribution in [1.29, 1.82) is 0 Å². The van der Waals surface area contributed by atoms with Crippen LogP contribution >= 0.6 is 0 Å². The minimum absolute atomic E-state index is 0.618. The van der Waals surface area contributed by atoms with Crippen molar-refractivity contribution >= 4 is 0 Å². The zero-order chi connectivity index (χ0) is 9.24. The van der Waals surface area contributed by atoms with Crippen LogP contribution in [0.4, 0.5) is 0 Å². The van der Waals surface area contributed by atoms with E-state index in [-0.39, 0.29) is 0 Å². The Bertz CT molecular complexity index is 146. The number of hydrogen-bond acceptors (Lipinski definition) is 0. The molecule has 1 fully saturated rings. The molecule has 0 aromatic rings. The van der Waals surface area contributed by atoms with Gasteiger partial charge in [-0.05, 0) is 36.5 Å². The van der Waals surface area contributed by atoms with Gasteiger partial charge in [-0.25, -0.2) is 0 Å². The predicted molar refractivity (Wildman–Crippen MR) is 55.3 cm³/mol. The lowest BCUT2D eigenvalue weighted by molar-refractivity contribution is 0.245. The average Bonchev–Trinajstić information content (AvgIpc) is 2.13. The highest BCUT2D eigenvalue weighted by atomic mass is 14.4. The normalized spacial score (nSPS) is 36.0. The second kappa shape index (κ2) is 3.40. The van der Waals surface area contributed by atoms with Gasteiger partial charge in [-0.3, -0.25) is 0 Å². The van der Waals surface area contributed by atoms with Crippen molar-refractivity contribution in [3.63, 3.8) is 0 Å². The molecule has 0 heteroatoms. The first-order valence-corrected chi connectivity index (χ1v) is 5.47. The van der Waals surface area contributed by atoms with Gasteiger partial charge in [-0.2, -0.15) is 0 Å². The fourth-order valence-corrected chi connectivity index (χ4v) is 2.24. The topological polar surface area (TPSA) is 0 Å². The highest BCUT2D eigenvalue weighted by Crippen LogP contribution is 2.43. The largest absolute Gasteiger partial charge is 0.0649 e. The molecule has 0 aliphatic heterocycles. The zero-order valence-corrected chi connectivity index (χ0v) is 9.24. The Hall–Kier alpha value is 0. The fraction of sp³-hybridized carbons (Fsp3) is 1.00. The highest BCUT2D eigenvalue weighted by Gasteiger charge is 2.30. The lowest BCUT2D eigenvalue weighted by atomic mass is 9.78. The van der Waals surface area contributed by atoms with Crippen LogP contribution in [0, 0.1) is 10.8 Å². The van der Waals surface area contributed by atoms with Crippen molar-refractivity contribution in [1.82, 2.24) is 0 Å². The summed E-state index contributed by atoms with van der Waals surface area (Å²) in [7, 11) is 0. The van der Waals surface area contributed by atoms with Gasteiger partial charge >= 0.3 is 0 Å². The lowest BCUT2D eigenvalue weighted by Gasteiger charge is -2.27. The van der Waals surface area contributed by atoms with Crippen molar-refractivity contribution in [2.45, 2.75) is 66.2 Å². The molecule has 0 saturated heterocycles. The van der Waals surface area contributed by atoms with E-state index in [9.17, 15) is 0 Å². The minimum Gasteiger partial charge on any atom is -0.0649 e. The Morgan fingerprint density at radius 1 is 0.917 bits per heavy atom. The summed E-state index contributed by atoms with van der Waals surface area (Å²) in [6, 6.07) is 0. The van der Waals surface area contributed by atoms with E-state index < -0.39 is 0 Å². The van der Waals surface area contributed by atoms with Crippen LogP contribution in [-0.4, -0.2) is 0 Å². The van der Waals surface area contributed by atoms with Gasteiger partial charge < -0.3 is 0 Å². The first kappa shape index (κ1) is 10.1. The van der Waals surface area contributed by atoms with E-state index >= 15 is 0 Å². The third-order valence-electron chi connectivity index (χ3n) is 3.89. The van der Waals surface area contributed by atoms with Gasteiger partial charge in [-0.1, -0.05) is 40.5 Å². The van der Waals surface area contributed by atoms with Crippen LogP contribution in [0.5, 0.6) is 0 Å². The third-order valence-corrected chi connectivity index (χ3v) is 3.89. The van der Waals surface area contributed by atoms with Crippen LogP contribution in [0.1, 0.15) is 66.2 Å². The molecule has 0 aromatic carbocycles. The van der Waals surface area contributed by atoms with E-state index in [2.05, 4.69) is 27.7 Å². The summed E-state index contributed by atoms with van der Waals surface area (Å²) < 4.78 is 0. The van der Waals surface area contributed by atoms with E-state index in [1.165, 1.54) is 38.5 Å². The molecule has 0 radical (unpaired) electrons. The molecule has 0 spiro atoms. The summed E-state index contributed by atoms with van der Waals surface area (Å²) in [6.45, 7) is 9.66. The molecule has 1 saturated carbocycles. The summed E-state index contributed by atoms with van der Waals surface area (Å²) in [5, 5.41) is 0. The van der Waals surface area contributed by atoms with E-state index in [0.29, 0.717) is 10.8 Å². The van der Waals surface area contributed by atoms with Crippen LogP contribution in [0.15, 0.2) is 0 Å². The number of hydrogen-bond donors (Lipinski definition) is 0. The molecular weight excluding hydrogens is 144 g/mol. The lowest BCUT2D eigenvalue weighted by Crippen LogP contribution is -2.15. The van der Waals surface area contributed by atoms with Gasteiger partial charge in [0.1, 0.15) is 0 Å². The molecule has 72 valence electrons. The summed E-state index contributed by atoms with van der Waals surface area (Å²) in [6.07, 6.45) is 8.56. The second-order valence-electron chi connectivity index (χ2n) is 5.68. The predicted octanol–water partition coefficient (Wildman–Crippen LogP) is 4.39. The quantitative estimate of drug-likeness (QED) is 0.509. The van der Waals surface area contributed by atoms with Crippen LogP contribution in [0.25, 0.3) is 0 Å². The second-order valence-corrected chi connectivity index (χ2v) is 5.68. The van der Waals surface area contributed by atoms with Gasteiger partial charge in [0.2, 0.25) is 0 Å². The summed E-state index contributed by atoms with van der Waals surface area (Å²) in [5.41, 5.74) is 1.28. The van der Waals surface area contributed by atoms with Crippen LogP contribution < -0.4 is 0 Å². The van der Waals surface area contributed by atoms with Gasteiger partial charge in [0.05, 0.1) is 0 Å². The van der Waals surface area contributed by atoms with Crippen LogP contribution in [0.3, 0.4) is 0 Å². The van der Waals surface area contributed by atoms with Crippen molar-refractivity contribution in [3.8, 4) is 0 Å². The molecule has 0 bridgehead atoms. The number of rotatable bonds is 1. The Kier molecular flexibility index (Phi) is 2.85. The zero-order valence-electron chi connectivity index (χ0n) is 9.24. The molecule has 12 heavy (non-hydrogen) atoms. The summed E-state index contributed by atoms with van der Waals surface area (Å²) >= 11 is 0. The van der Waals surface area contributed by atoms with Crippen molar-refractivity contribution in [2.75, 3.05) is 0 Å². The maximum absolute atomic E-state index is 2.47. The van der Waals surface area contributed by atoms with Crippen LogP contribution in [0.2, 0.25) is 0 Å². The molecule has 0 aromatic heterocycles. The molecule has 0 nitrogen and oxygen atoms in total. The molecule has 0 amide bonds. The smallest absolute Gasteiger partial charge is 0.0328 e. The third kappa shape index (κ3) is 2.50.